The van der Waals surface area contributed by atoms with E-state index >= 15 is 0 Å². The van der Waals surface area contributed by atoms with Gasteiger partial charge in [-0.25, -0.2) is 9.79 Å². The molecule has 0 fully saturated rings. The number of fused-ring (bicyclic) bond motifs is 1. The molecule has 0 saturated carbocycles. The molecule has 2 aromatic carbocycles. The lowest BCUT2D eigenvalue weighted by Crippen LogP contribution is -2.16. The van der Waals surface area contributed by atoms with Gasteiger partial charge in [0.2, 0.25) is 0 Å². The molecule has 0 aliphatic carbocycles. The summed E-state index contributed by atoms with van der Waals surface area (Å²) >= 11 is 6.24. The zero-order valence-electron chi connectivity index (χ0n) is 13.1. The summed E-state index contributed by atoms with van der Waals surface area (Å²) in [6.07, 6.45) is 1.56. The first-order valence-corrected chi connectivity index (χ1v) is 9.00. The van der Waals surface area contributed by atoms with E-state index in [9.17, 15) is 20.1 Å². The van der Waals surface area contributed by atoms with Gasteiger partial charge in [0.05, 0.1) is 15.7 Å². The number of aliphatic carboxylic acids is 1. The lowest BCUT2D eigenvalue weighted by Gasteiger charge is -2.10. The van der Waals surface area contributed by atoms with Gasteiger partial charge in [0, 0.05) is 23.6 Å². The van der Waals surface area contributed by atoms with E-state index in [0.717, 1.165) is 10.9 Å². The molecule has 3 rings (SSSR count). The van der Waals surface area contributed by atoms with Crippen molar-refractivity contribution in [1.82, 2.24) is 4.98 Å². The number of carbonyl (C=O) groups is 1. The highest BCUT2D eigenvalue weighted by atomic mass is 79.9. The molecule has 0 spiro atoms. The topological polar surface area (TPSA) is 103 Å². The zero-order valence-corrected chi connectivity index (χ0v) is 16.3. The molecule has 0 radical (unpaired) electrons. The van der Waals surface area contributed by atoms with E-state index in [0.29, 0.717) is 15.7 Å². The molecule has 132 valence electrons. The maximum absolute atomic E-state index is 11.6. The Morgan fingerprint density at radius 2 is 1.88 bits per heavy atom. The minimum absolute atomic E-state index is 0.0865. The van der Waals surface area contributed by atoms with Crippen molar-refractivity contribution >= 4 is 60.1 Å². The number of phenols is 2. The predicted molar refractivity (Wildman–Crippen MR) is 105 cm³/mol. The molecule has 8 heteroatoms. The number of hydrogen-bond acceptors (Lipinski definition) is 5. The summed E-state index contributed by atoms with van der Waals surface area (Å²) in [6.45, 7) is 0. The molecule has 0 aliphatic heterocycles. The van der Waals surface area contributed by atoms with E-state index in [-0.39, 0.29) is 28.1 Å². The summed E-state index contributed by atoms with van der Waals surface area (Å²) in [4.78, 5) is 20.0. The van der Waals surface area contributed by atoms with Crippen molar-refractivity contribution in [3.8, 4) is 11.5 Å². The van der Waals surface area contributed by atoms with Crippen molar-refractivity contribution in [2.24, 2.45) is 4.99 Å². The van der Waals surface area contributed by atoms with Crippen LogP contribution in [0.4, 0.5) is 5.69 Å². The average Bonchev–Trinajstić information content (AvgIpc) is 2.63. The van der Waals surface area contributed by atoms with Crippen molar-refractivity contribution in [3.63, 3.8) is 0 Å². The van der Waals surface area contributed by atoms with E-state index in [2.05, 4.69) is 41.8 Å². The van der Waals surface area contributed by atoms with Crippen LogP contribution in [0.15, 0.2) is 56.5 Å². The van der Waals surface area contributed by atoms with Crippen LogP contribution in [0.3, 0.4) is 0 Å². The van der Waals surface area contributed by atoms with Gasteiger partial charge in [-0.3, -0.25) is 4.98 Å². The third-order valence-corrected chi connectivity index (χ3v) is 5.06. The van der Waals surface area contributed by atoms with E-state index in [1.54, 1.807) is 30.5 Å². The first kappa shape index (κ1) is 18.3. The highest BCUT2D eigenvalue weighted by molar-refractivity contribution is 9.11. The number of carboxylic acids is 1. The second-order valence-corrected chi connectivity index (χ2v) is 7.10. The molecular weight excluding hydrogens is 468 g/mol. The molecule has 6 nitrogen and oxygen atoms in total. The Morgan fingerprint density at radius 1 is 1.12 bits per heavy atom. The second kappa shape index (κ2) is 7.43. The third-order valence-electron chi connectivity index (χ3n) is 3.70. The van der Waals surface area contributed by atoms with Gasteiger partial charge in [0.1, 0.15) is 21.7 Å². The van der Waals surface area contributed by atoms with Gasteiger partial charge in [-0.2, -0.15) is 0 Å². The van der Waals surface area contributed by atoms with Crippen LogP contribution >= 0.6 is 31.9 Å². The molecule has 0 atom stereocenters. The Labute approximate surface area is 165 Å². The highest BCUT2D eigenvalue weighted by Gasteiger charge is 2.18. The number of benzene rings is 2. The summed E-state index contributed by atoms with van der Waals surface area (Å²) in [7, 11) is 0. The minimum atomic E-state index is -1.20. The predicted octanol–water partition coefficient (Wildman–Crippen LogP) is 4.57. The van der Waals surface area contributed by atoms with Crippen LogP contribution in [0.5, 0.6) is 11.5 Å². The maximum atomic E-state index is 11.6. The van der Waals surface area contributed by atoms with Crippen LogP contribution in [-0.4, -0.2) is 32.0 Å². The van der Waals surface area contributed by atoms with Gasteiger partial charge in [0.25, 0.3) is 0 Å². The quantitative estimate of drug-likeness (QED) is 0.475. The lowest BCUT2D eigenvalue weighted by molar-refractivity contribution is -0.129. The molecule has 3 N–H and O–H groups in total. The first-order chi connectivity index (χ1) is 12.4. The Balaban J connectivity index is 2.02. The van der Waals surface area contributed by atoms with Crippen molar-refractivity contribution in [3.05, 3.63) is 57.1 Å². The standard InChI is InChI=1S/C18H12Br2N2O4/c19-12-7-10(16(23)15(20)17(12)24)8-14(18(25)26)22-11-3-4-13-9(6-11)2-1-5-21-13/h1-7,23-24H,8H2,(H,25,26). The number of aromatic nitrogens is 1. The van der Waals surface area contributed by atoms with Crippen molar-refractivity contribution in [1.29, 1.82) is 0 Å². The van der Waals surface area contributed by atoms with Crippen molar-refractivity contribution in [2.75, 3.05) is 0 Å². The molecule has 0 unspecified atom stereocenters. The summed E-state index contributed by atoms with van der Waals surface area (Å²) in [5.41, 5.74) is 1.42. The van der Waals surface area contributed by atoms with Crippen LogP contribution in [0.1, 0.15) is 5.56 Å². The van der Waals surface area contributed by atoms with Gasteiger partial charge in [0.15, 0.2) is 0 Å². The first-order valence-electron chi connectivity index (χ1n) is 7.41. The molecule has 0 amide bonds. The van der Waals surface area contributed by atoms with Gasteiger partial charge < -0.3 is 15.3 Å². The van der Waals surface area contributed by atoms with Crippen LogP contribution < -0.4 is 0 Å². The number of aliphatic imine (C=N–C) groups is 1. The van der Waals surface area contributed by atoms with Gasteiger partial charge in [-0.05, 0) is 62.2 Å². The van der Waals surface area contributed by atoms with E-state index in [4.69, 9.17) is 0 Å². The Bertz CT molecular complexity index is 1050. The van der Waals surface area contributed by atoms with Gasteiger partial charge in [-0.1, -0.05) is 6.07 Å². The number of carboxylic acid groups (broad SMARTS) is 1. The molecule has 0 aliphatic rings. The van der Waals surface area contributed by atoms with E-state index < -0.39 is 5.97 Å². The average molecular weight is 480 g/mol. The summed E-state index contributed by atoms with van der Waals surface area (Å²) in [5, 5.41) is 30.3. The smallest absolute Gasteiger partial charge is 0.350 e. The molecular formula is C18H12Br2N2O4. The molecule has 0 saturated heterocycles. The number of pyridine rings is 1. The number of rotatable bonds is 4. The number of phenolic OH excluding ortho intramolecular Hbond substituents is 2. The Morgan fingerprint density at radius 3 is 2.62 bits per heavy atom. The SMILES string of the molecule is O=C(O)C(Cc1cc(Br)c(O)c(Br)c1O)=Nc1ccc2ncccc2c1. The molecule has 1 heterocycles. The minimum Gasteiger partial charge on any atom is -0.506 e. The van der Waals surface area contributed by atoms with E-state index in [1.807, 2.05) is 6.07 Å². The van der Waals surface area contributed by atoms with Crippen molar-refractivity contribution < 1.29 is 20.1 Å². The van der Waals surface area contributed by atoms with Gasteiger partial charge in [-0.15, -0.1) is 0 Å². The summed E-state index contributed by atoms with van der Waals surface area (Å²) in [6, 6.07) is 10.3. The monoisotopic (exact) mass is 478 g/mol. The second-order valence-electron chi connectivity index (χ2n) is 5.45. The summed E-state index contributed by atoms with van der Waals surface area (Å²) in [5.74, 6) is -1.60. The van der Waals surface area contributed by atoms with Crippen LogP contribution in [0, 0.1) is 0 Å². The zero-order chi connectivity index (χ0) is 18.8. The van der Waals surface area contributed by atoms with Crippen LogP contribution in [-0.2, 0) is 11.2 Å². The third kappa shape index (κ3) is 3.71. The van der Waals surface area contributed by atoms with E-state index in [1.165, 1.54) is 6.07 Å². The Hall–Kier alpha value is -2.45. The molecule has 3 aromatic rings. The van der Waals surface area contributed by atoms with Crippen LogP contribution in [0.2, 0.25) is 0 Å². The fourth-order valence-electron chi connectivity index (χ4n) is 2.41. The highest BCUT2D eigenvalue weighted by Crippen LogP contribution is 2.41. The molecule has 0 bridgehead atoms. The number of halogens is 2. The fourth-order valence-corrected chi connectivity index (χ4v) is 3.62. The number of hydrogen-bond donors (Lipinski definition) is 3. The number of aromatic hydroxyl groups is 2. The lowest BCUT2D eigenvalue weighted by atomic mass is 10.1. The fraction of sp³-hybridized carbons (Fsp3) is 0.0556. The molecule has 1 aromatic heterocycles. The number of nitrogens with zero attached hydrogens (tertiary/aromatic N) is 2. The maximum Gasteiger partial charge on any atom is 0.350 e. The van der Waals surface area contributed by atoms with Gasteiger partial charge >= 0.3 is 5.97 Å². The summed E-state index contributed by atoms with van der Waals surface area (Å²) < 4.78 is 0.419. The molecule has 26 heavy (non-hydrogen) atoms. The largest absolute Gasteiger partial charge is 0.506 e. The Kier molecular flexibility index (Phi) is 5.24. The van der Waals surface area contributed by atoms with Crippen molar-refractivity contribution in [2.45, 2.75) is 6.42 Å². The van der Waals surface area contributed by atoms with Crippen LogP contribution in [0.25, 0.3) is 10.9 Å². The normalized spacial score (nSPS) is 11.7.